The second kappa shape index (κ2) is 9.53. The molecule has 1 aromatic rings. The first-order valence-corrected chi connectivity index (χ1v) is 11.9. The molecule has 0 aliphatic heterocycles. The van der Waals surface area contributed by atoms with Crippen LogP contribution in [0.2, 0.25) is 0 Å². The summed E-state index contributed by atoms with van der Waals surface area (Å²) in [6.07, 6.45) is 7.22. The third-order valence-corrected chi connectivity index (χ3v) is 7.35. The number of nitrogens with zero attached hydrogens (tertiary/aromatic N) is 1. The highest BCUT2D eigenvalue weighted by Crippen LogP contribution is 2.37. The van der Waals surface area contributed by atoms with Crippen molar-refractivity contribution >= 4 is 28.2 Å². The van der Waals surface area contributed by atoms with Crippen LogP contribution in [0.25, 0.3) is 0 Å². The number of carbonyl (C=O) groups is 2. The van der Waals surface area contributed by atoms with Gasteiger partial charge in [0.1, 0.15) is 10.6 Å². The Hall–Kier alpha value is -1.84. The number of methoxy groups -OCH3 is 1. The summed E-state index contributed by atoms with van der Waals surface area (Å²) in [5.41, 5.74) is -0.571. The molecule has 3 rings (SSSR count). The van der Waals surface area contributed by atoms with Crippen molar-refractivity contribution in [3.63, 3.8) is 0 Å². The predicted octanol–water partition coefficient (Wildman–Crippen LogP) is 4.76. The number of aliphatic hydroxyl groups is 1. The normalized spacial score (nSPS) is 23.0. The highest BCUT2D eigenvalue weighted by molar-refractivity contribution is 7.17. The van der Waals surface area contributed by atoms with Gasteiger partial charge in [0.15, 0.2) is 0 Å². The number of amides is 1. The average molecular weight is 432 g/mol. The maximum Gasteiger partial charge on any atom is 0.340 e. The lowest BCUT2D eigenvalue weighted by molar-refractivity contribution is -0.123. The molecule has 1 amide bonds. The molecule has 5 nitrogen and oxygen atoms in total. The molecule has 2 aliphatic carbocycles. The molecule has 1 N–H and O–H groups in total. The minimum absolute atomic E-state index is 0.00932. The summed E-state index contributed by atoms with van der Waals surface area (Å²) in [6.45, 7) is 6.17. The average Bonchev–Trinajstić information content (AvgIpc) is 3.33. The third-order valence-electron chi connectivity index (χ3n) is 6.30. The number of esters is 1. The molecule has 2 saturated carbocycles. The van der Waals surface area contributed by atoms with E-state index in [1.807, 2.05) is 13.8 Å². The molecular formula is C24H33NO4S. The molecule has 0 aromatic carbocycles. The van der Waals surface area contributed by atoms with Gasteiger partial charge in [-0.25, -0.2) is 4.79 Å². The molecule has 2 aliphatic rings. The van der Waals surface area contributed by atoms with Crippen LogP contribution in [0.4, 0.5) is 5.00 Å². The van der Waals surface area contributed by atoms with Crippen molar-refractivity contribution in [1.29, 1.82) is 0 Å². The molecule has 0 spiro atoms. The Morgan fingerprint density at radius 1 is 1.23 bits per heavy atom. The first-order chi connectivity index (χ1) is 14.2. The zero-order valence-electron chi connectivity index (χ0n) is 18.5. The number of hydrogen-bond donors (Lipinski definition) is 1. The van der Waals surface area contributed by atoms with Gasteiger partial charge in [-0.05, 0) is 77.2 Å². The highest BCUT2D eigenvalue weighted by Gasteiger charge is 2.34. The monoisotopic (exact) mass is 431 g/mol. The van der Waals surface area contributed by atoms with Gasteiger partial charge in [0.2, 0.25) is 5.91 Å². The fourth-order valence-electron chi connectivity index (χ4n) is 4.43. The van der Waals surface area contributed by atoms with E-state index in [4.69, 9.17) is 4.74 Å². The molecule has 0 bridgehead atoms. The van der Waals surface area contributed by atoms with Crippen molar-refractivity contribution in [2.45, 2.75) is 83.8 Å². The van der Waals surface area contributed by atoms with E-state index in [9.17, 15) is 14.7 Å². The van der Waals surface area contributed by atoms with Crippen LogP contribution in [0.3, 0.4) is 0 Å². The smallest absolute Gasteiger partial charge is 0.340 e. The van der Waals surface area contributed by atoms with Gasteiger partial charge in [-0.3, -0.25) is 4.79 Å². The van der Waals surface area contributed by atoms with Crippen LogP contribution in [-0.4, -0.2) is 35.7 Å². The first kappa shape index (κ1) is 22.8. The van der Waals surface area contributed by atoms with Crippen molar-refractivity contribution < 1.29 is 19.4 Å². The van der Waals surface area contributed by atoms with Gasteiger partial charge in [-0.2, -0.15) is 0 Å². The van der Waals surface area contributed by atoms with Crippen LogP contribution in [0.1, 0.15) is 87.4 Å². The summed E-state index contributed by atoms with van der Waals surface area (Å²) >= 11 is 1.33. The number of carbonyl (C=O) groups excluding carboxylic acids is 2. The van der Waals surface area contributed by atoms with Gasteiger partial charge in [-0.15, -0.1) is 11.3 Å². The van der Waals surface area contributed by atoms with Gasteiger partial charge in [0.05, 0.1) is 17.6 Å². The lowest BCUT2D eigenvalue weighted by atomic mass is 9.82. The van der Waals surface area contributed by atoms with Crippen molar-refractivity contribution in [3.8, 4) is 11.8 Å². The van der Waals surface area contributed by atoms with Crippen LogP contribution in [0, 0.1) is 23.7 Å². The number of thiophene rings is 1. The molecular weight excluding hydrogens is 398 g/mol. The van der Waals surface area contributed by atoms with E-state index in [-0.39, 0.29) is 17.9 Å². The Morgan fingerprint density at radius 2 is 1.87 bits per heavy atom. The van der Waals surface area contributed by atoms with Crippen molar-refractivity contribution in [1.82, 2.24) is 0 Å². The molecule has 0 unspecified atom stereocenters. The molecule has 6 heteroatoms. The largest absolute Gasteiger partial charge is 0.465 e. The molecule has 164 valence electrons. The van der Waals surface area contributed by atoms with Crippen molar-refractivity contribution in [3.05, 3.63) is 16.5 Å². The van der Waals surface area contributed by atoms with E-state index in [1.54, 1.807) is 11.0 Å². The van der Waals surface area contributed by atoms with Gasteiger partial charge in [-0.1, -0.05) is 18.8 Å². The van der Waals surface area contributed by atoms with E-state index in [0.717, 1.165) is 38.5 Å². The molecule has 1 heterocycles. The summed E-state index contributed by atoms with van der Waals surface area (Å²) in [5.74, 6) is 6.32. The van der Waals surface area contributed by atoms with Gasteiger partial charge in [0.25, 0.3) is 0 Å². The van der Waals surface area contributed by atoms with Gasteiger partial charge >= 0.3 is 5.97 Å². The van der Waals surface area contributed by atoms with Crippen molar-refractivity contribution in [2.75, 3.05) is 12.0 Å². The Morgan fingerprint density at radius 3 is 2.43 bits per heavy atom. The Labute approximate surface area is 183 Å². The van der Waals surface area contributed by atoms with Crippen LogP contribution in [0.15, 0.2) is 6.07 Å². The number of anilines is 1. The van der Waals surface area contributed by atoms with E-state index >= 15 is 0 Å². The lowest BCUT2D eigenvalue weighted by Gasteiger charge is -2.33. The molecule has 0 atom stereocenters. The summed E-state index contributed by atoms with van der Waals surface area (Å²) < 4.78 is 4.99. The maximum absolute atomic E-state index is 13.4. The standard InChI is InChI=1S/C24H33NO4S/c1-16(2)25(21(26)18-9-7-17(3)8-10-18)22-20(23(27)29-4)15-19(30-22)11-14-24(28)12-5-6-13-24/h15-18,28H,5-10,12-13H2,1-4H3. The third kappa shape index (κ3) is 5.07. The fourth-order valence-corrected chi connectivity index (χ4v) is 5.57. The Bertz CT molecular complexity index is 833. The summed E-state index contributed by atoms with van der Waals surface area (Å²) in [4.78, 5) is 28.4. The highest BCUT2D eigenvalue weighted by atomic mass is 32.1. The van der Waals surface area contributed by atoms with E-state index in [2.05, 4.69) is 18.8 Å². The minimum Gasteiger partial charge on any atom is -0.465 e. The minimum atomic E-state index is -0.943. The molecule has 30 heavy (non-hydrogen) atoms. The zero-order chi connectivity index (χ0) is 21.9. The lowest BCUT2D eigenvalue weighted by Crippen LogP contribution is -2.42. The molecule has 1 aromatic heterocycles. The second-order valence-corrected chi connectivity index (χ2v) is 10.1. The summed E-state index contributed by atoms with van der Waals surface area (Å²) in [7, 11) is 1.35. The van der Waals surface area contributed by atoms with Crippen LogP contribution in [-0.2, 0) is 9.53 Å². The zero-order valence-corrected chi connectivity index (χ0v) is 19.3. The number of rotatable bonds is 4. The predicted molar refractivity (Wildman–Crippen MR) is 120 cm³/mol. The van der Waals surface area contributed by atoms with Crippen LogP contribution in [0.5, 0.6) is 0 Å². The topological polar surface area (TPSA) is 66.8 Å². The summed E-state index contributed by atoms with van der Waals surface area (Å²) in [5, 5.41) is 11.1. The van der Waals surface area contributed by atoms with E-state index in [1.165, 1.54) is 18.4 Å². The SMILES string of the molecule is COC(=O)c1cc(C#CC2(O)CCCC2)sc1N(C(=O)C1CCC(C)CC1)C(C)C. The van der Waals surface area contributed by atoms with Crippen LogP contribution >= 0.6 is 11.3 Å². The first-order valence-electron chi connectivity index (χ1n) is 11.0. The second-order valence-electron chi connectivity index (χ2n) is 9.07. The fraction of sp³-hybridized carbons (Fsp3) is 0.667. The van der Waals surface area contributed by atoms with Gasteiger partial charge in [0, 0.05) is 12.0 Å². The maximum atomic E-state index is 13.4. The molecule has 0 saturated heterocycles. The quantitative estimate of drug-likeness (QED) is 0.551. The van der Waals surface area contributed by atoms with E-state index in [0.29, 0.717) is 34.2 Å². The van der Waals surface area contributed by atoms with Gasteiger partial charge < -0.3 is 14.7 Å². The van der Waals surface area contributed by atoms with Crippen LogP contribution < -0.4 is 4.90 Å². The number of ether oxygens (including phenoxy) is 1. The van der Waals surface area contributed by atoms with Crippen molar-refractivity contribution in [2.24, 2.45) is 11.8 Å². The Balaban J connectivity index is 1.94. The summed E-state index contributed by atoms with van der Waals surface area (Å²) in [6, 6.07) is 1.61. The Kier molecular flexibility index (Phi) is 7.26. The molecule has 0 radical (unpaired) electrons. The number of hydrogen-bond acceptors (Lipinski definition) is 5. The van der Waals surface area contributed by atoms with E-state index < -0.39 is 11.6 Å². The molecule has 2 fully saturated rings.